The van der Waals surface area contributed by atoms with E-state index in [1.807, 2.05) is 6.92 Å². The number of alkyl halides is 3. The third-order valence-corrected chi connectivity index (χ3v) is 5.70. The van der Waals surface area contributed by atoms with Gasteiger partial charge < -0.3 is 10.1 Å². The molecule has 5 nitrogen and oxygen atoms in total. The molecule has 1 spiro atoms. The molecule has 29 heavy (non-hydrogen) atoms. The van der Waals surface area contributed by atoms with Crippen LogP contribution in [0.5, 0.6) is 0 Å². The monoisotopic (exact) mass is 412 g/mol. The Hall–Kier alpha value is -2.09. The fourth-order valence-electron chi connectivity index (χ4n) is 4.34. The van der Waals surface area contributed by atoms with E-state index < -0.39 is 29.4 Å². The number of carbonyl (C=O) groups excluding carboxylic acids is 2. The molecular weight excluding hydrogens is 385 g/mol. The molecule has 2 aliphatic rings. The zero-order valence-electron chi connectivity index (χ0n) is 16.7. The Morgan fingerprint density at radius 1 is 1.34 bits per heavy atom. The Labute approximate surface area is 168 Å². The van der Waals surface area contributed by atoms with Crippen LogP contribution >= 0.6 is 0 Å². The van der Waals surface area contributed by atoms with E-state index in [-0.39, 0.29) is 24.0 Å². The predicted octanol–water partition coefficient (Wildman–Crippen LogP) is 3.98. The van der Waals surface area contributed by atoms with Crippen LogP contribution < -0.4 is 5.32 Å². The molecule has 2 amide bonds. The molecule has 1 aliphatic carbocycles. The summed E-state index contributed by atoms with van der Waals surface area (Å²) in [5.74, 6) is -0.639. The summed E-state index contributed by atoms with van der Waals surface area (Å²) < 4.78 is 45.5. The smallest absolute Gasteiger partial charge is 0.354 e. The molecule has 1 aliphatic heterocycles. The van der Waals surface area contributed by atoms with Gasteiger partial charge in [-0.15, -0.1) is 0 Å². The van der Waals surface area contributed by atoms with Crippen molar-refractivity contribution in [3.63, 3.8) is 0 Å². The molecule has 3 rings (SSSR count). The maximum atomic E-state index is 13.4. The second-order valence-corrected chi connectivity index (χ2v) is 8.02. The lowest BCUT2D eigenvalue weighted by Gasteiger charge is -2.43. The third kappa shape index (κ3) is 4.42. The van der Waals surface area contributed by atoms with Crippen molar-refractivity contribution < 1.29 is 27.5 Å². The van der Waals surface area contributed by atoms with E-state index in [0.717, 1.165) is 31.4 Å². The Bertz CT molecular complexity index is 768. The van der Waals surface area contributed by atoms with Gasteiger partial charge in [0.15, 0.2) is 0 Å². The highest BCUT2D eigenvalue weighted by Gasteiger charge is 2.54. The van der Waals surface area contributed by atoms with Gasteiger partial charge in [-0.05, 0) is 49.8 Å². The lowest BCUT2D eigenvalue weighted by atomic mass is 9.83. The molecule has 3 atom stereocenters. The van der Waals surface area contributed by atoms with Gasteiger partial charge in [0.1, 0.15) is 11.8 Å². The summed E-state index contributed by atoms with van der Waals surface area (Å²) in [6.07, 6.45) is -0.856. The number of nitrogens with one attached hydrogen (secondary N) is 1. The number of rotatable bonds is 4. The zero-order chi connectivity index (χ0) is 21.2. The predicted molar refractivity (Wildman–Crippen MR) is 101 cm³/mol. The molecule has 1 saturated carbocycles. The van der Waals surface area contributed by atoms with Gasteiger partial charge in [0.2, 0.25) is 5.91 Å². The summed E-state index contributed by atoms with van der Waals surface area (Å²) in [6, 6.07) is 3.50. The topological polar surface area (TPSA) is 58.6 Å². The van der Waals surface area contributed by atoms with Crippen LogP contribution in [0.15, 0.2) is 24.3 Å². The quantitative estimate of drug-likeness (QED) is 0.814. The van der Waals surface area contributed by atoms with Crippen molar-refractivity contribution in [3.05, 3.63) is 35.4 Å². The molecule has 160 valence electrons. The second-order valence-electron chi connectivity index (χ2n) is 8.02. The summed E-state index contributed by atoms with van der Waals surface area (Å²) in [5, 5.41) is 2.79. The average molecular weight is 412 g/mol. The number of amides is 2. The van der Waals surface area contributed by atoms with Crippen molar-refractivity contribution in [1.29, 1.82) is 0 Å². The average Bonchev–Trinajstić information content (AvgIpc) is 3.03. The van der Waals surface area contributed by atoms with E-state index in [1.54, 1.807) is 0 Å². The number of benzene rings is 1. The molecular formula is C21H27F3N2O3. The van der Waals surface area contributed by atoms with Gasteiger partial charge in [-0.25, -0.2) is 0 Å². The second kappa shape index (κ2) is 8.34. The van der Waals surface area contributed by atoms with Crippen LogP contribution in [0.3, 0.4) is 0 Å². The lowest BCUT2D eigenvalue weighted by Crippen LogP contribution is -2.57. The van der Waals surface area contributed by atoms with Gasteiger partial charge in [-0.2, -0.15) is 13.2 Å². The van der Waals surface area contributed by atoms with Crippen molar-refractivity contribution in [2.75, 3.05) is 13.2 Å². The minimum absolute atomic E-state index is 0.0486. The molecule has 1 aromatic rings. The number of hydrogen-bond acceptors (Lipinski definition) is 3. The van der Waals surface area contributed by atoms with Crippen molar-refractivity contribution in [3.8, 4) is 0 Å². The van der Waals surface area contributed by atoms with Crippen LogP contribution in [-0.2, 0) is 15.7 Å². The largest absolute Gasteiger partial charge is 0.416 e. The molecule has 3 unspecified atom stereocenters. The fraction of sp³-hybridized carbons (Fsp3) is 0.619. The van der Waals surface area contributed by atoms with Gasteiger partial charge >= 0.3 is 6.18 Å². The van der Waals surface area contributed by atoms with E-state index >= 15 is 0 Å². The van der Waals surface area contributed by atoms with E-state index in [0.29, 0.717) is 19.4 Å². The van der Waals surface area contributed by atoms with Crippen LogP contribution in [0.2, 0.25) is 0 Å². The highest BCUT2D eigenvalue weighted by Crippen LogP contribution is 2.43. The first-order valence-corrected chi connectivity index (χ1v) is 10.1. The van der Waals surface area contributed by atoms with Gasteiger partial charge in [0.05, 0.1) is 12.2 Å². The molecule has 0 bridgehead atoms. The van der Waals surface area contributed by atoms with Gasteiger partial charge in [-0.1, -0.05) is 26.3 Å². The normalized spacial score (nSPS) is 27.3. The van der Waals surface area contributed by atoms with E-state index in [1.165, 1.54) is 17.0 Å². The molecule has 0 aromatic heterocycles. The Morgan fingerprint density at radius 2 is 2.10 bits per heavy atom. The van der Waals surface area contributed by atoms with Gasteiger partial charge in [0, 0.05) is 12.1 Å². The summed E-state index contributed by atoms with van der Waals surface area (Å²) in [4.78, 5) is 27.5. The molecule has 1 N–H and O–H groups in total. The van der Waals surface area contributed by atoms with E-state index in [2.05, 4.69) is 12.2 Å². The van der Waals surface area contributed by atoms with Crippen molar-refractivity contribution in [2.24, 2.45) is 5.92 Å². The molecule has 8 heteroatoms. The Balaban J connectivity index is 1.97. The van der Waals surface area contributed by atoms with Gasteiger partial charge in [-0.3, -0.25) is 14.5 Å². The first kappa shape index (κ1) is 21.6. The molecule has 1 heterocycles. The van der Waals surface area contributed by atoms with Crippen molar-refractivity contribution in [2.45, 2.75) is 63.9 Å². The fourth-order valence-corrected chi connectivity index (χ4v) is 4.34. The summed E-state index contributed by atoms with van der Waals surface area (Å²) in [7, 11) is 0. The molecule has 1 saturated heterocycles. The maximum Gasteiger partial charge on any atom is 0.416 e. The van der Waals surface area contributed by atoms with Crippen LogP contribution in [0.4, 0.5) is 13.2 Å². The summed E-state index contributed by atoms with van der Waals surface area (Å²) in [6.45, 7) is 4.49. The number of carbonyl (C=O) groups is 2. The lowest BCUT2D eigenvalue weighted by molar-refractivity contribution is -0.137. The van der Waals surface area contributed by atoms with Crippen LogP contribution in [0, 0.1) is 5.92 Å². The number of ether oxygens (including phenoxy) is 1. The molecule has 2 fully saturated rings. The van der Waals surface area contributed by atoms with Crippen molar-refractivity contribution in [1.82, 2.24) is 10.2 Å². The maximum absolute atomic E-state index is 13.4. The standard InChI is InChI=1S/C21H27F3N2O3/c1-3-10-25-18(27)17-13-29-20(9-5-6-14(2)12-20)26(17)19(28)15-7-4-8-16(11-15)21(22,23)24/h4,7-8,11,14,17H,3,5-6,9-10,12-13H2,1-2H3,(H,25,27). The number of hydrogen-bond donors (Lipinski definition) is 1. The van der Waals surface area contributed by atoms with Gasteiger partial charge in [0.25, 0.3) is 5.91 Å². The minimum Gasteiger partial charge on any atom is -0.354 e. The molecule has 0 radical (unpaired) electrons. The minimum atomic E-state index is -4.55. The first-order valence-electron chi connectivity index (χ1n) is 10.1. The first-order chi connectivity index (χ1) is 13.7. The van der Waals surface area contributed by atoms with Crippen LogP contribution in [0.25, 0.3) is 0 Å². The van der Waals surface area contributed by atoms with Crippen LogP contribution in [0.1, 0.15) is 61.9 Å². The van der Waals surface area contributed by atoms with E-state index in [9.17, 15) is 22.8 Å². The number of nitrogens with zero attached hydrogens (tertiary/aromatic N) is 1. The Kier molecular flexibility index (Phi) is 6.22. The van der Waals surface area contributed by atoms with E-state index in [4.69, 9.17) is 4.74 Å². The number of halogens is 3. The SMILES string of the molecule is CCCNC(=O)C1COC2(CCCC(C)C2)N1C(=O)c1cccc(C(F)(F)F)c1. The third-order valence-electron chi connectivity index (χ3n) is 5.70. The Morgan fingerprint density at radius 3 is 2.76 bits per heavy atom. The molecule has 1 aromatic carbocycles. The summed E-state index contributed by atoms with van der Waals surface area (Å²) >= 11 is 0. The zero-order valence-corrected chi connectivity index (χ0v) is 16.7. The summed E-state index contributed by atoms with van der Waals surface area (Å²) in [5.41, 5.74) is -1.92. The highest BCUT2D eigenvalue weighted by atomic mass is 19.4. The van der Waals surface area contributed by atoms with Crippen molar-refractivity contribution >= 4 is 11.8 Å². The van der Waals surface area contributed by atoms with Crippen LogP contribution in [-0.4, -0.2) is 41.6 Å². The highest BCUT2D eigenvalue weighted by molar-refractivity contribution is 5.98.